The minimum absolute atomic E-state index is 0.0130. The molecule has 0 saturated heterocycles. The summed E-state index contributed by atoms with van der Waals surface area (Å²) in [4.78, 5) is 20.5. The minimum atomic E-state index is -1.24. The smallest absolute Gasteiger partial charge is 0.254 e. The summed E-state index contributed by atoms with van der Waals surface area (Å²) in [6.07, 6.45) is 5.36. The Morgan fingerprint density at radius 3 is 2.77 bits per heavy atom. The summed E-state index contributed by atoms with van der Waals surface area (Å²) < 4.78 is 0. The first kappa shape index (κ1) is 20.9. The number of aliphatic hydroxyl groups excluding tert-OH is 1. The number of hydrazine groups is 1. The number of nitrogens with two attached hydrogens (primary N) is 2. The molecular formula is C19H25N9O3. The van der Waals surface area contributed by atoms with Crippen LogP contribution < -0.4 is 27.2 Å². The van der Waals surface area contributed by atoms with Gasteiger partial charge in [0, 0.05) is 24.0 Å². The maximum Gasteiger partial charge on any atom is 0.254 e. The molecule has 1 aromatic heterocycles. The third-order valence-electron chi connectivity index (χ3n) is 5.27. The molecule has 12 heteroatoms. The Hall–Kier alpha value is -3.32. The van der Waals surface area contributed by atoms with E-state index in [-0.39, 0.29) is 23.5 Å². The lowest BCUT2D eigenvalue weighted by atomic mass is 9.91. The molecular weight excluding hydrogens is 402 g/mol. The molecule has 0 radical (unpaired) electrons. The molecule has 1 aliphatic heterocycles. The number of aliphatic hydroxyl groups is 1. The highest BCUT2D eigenvalue weighted by Crippen LogP contribution is 2.27. The van der Waals surface area contributed by atoms with E-state index in [9.17, 15) is 15.1 Å². The topological polar surface area (TPSA) is 178 Å². The number of primary amides is 1. The normalized spacial score (nSPS) is 23.7. The average molecular weight is 427 g/mol. The third-order valence-corrected chi connectivity index (χ3v) is 5.27. The van der Waals surface area contributed by atoms with Gasteiger partial charge in [-0.15, -0.1) is 0 Å². The molecule has 8 N–H and O–H groups in total. The summed E-state index contributed by atoms with van der Waals surface area (Å²) >= 11 is 0. The lowest BCUT2D eigenvalue weighted by Gasteiger charge is -2.29. The Morgan fingerprint density at radius 1 is 1.26 bits per heavy atom. The van der Waals surface area contributed by atoms with Gasteiger partial charge in [0.25, 0.3) is 5.91 Å². The number of rotatable bonds is 6. The molecule has 2 aromatic rings. The molecule has 31 heavy (non-hydrogen) atoms. The number of amides is 1. The van der Waals surface area contributed by atoms with E-state index in [0.29, 0.717) is 22.5 Å². The van der Waals surface area contributed by atoms with Crippen molar-refractivity contribution in [2.45, 2.75) is 44.0 Å². The second kappa shape index (κ2) is 8.81. The summed E-state index contributed by atoms with van der Waals surface area (Å²) in [6, 6.07) is 6.89. The third kappa shape index (κ3) is 4.56. The minimum Gasteiger partial charge on any atom is -0.369 e. The fourth-order valence-electron chi connectivity index (χ4n) is 3.61. The summed E-state index contributed by atoms with van der Waals surface area (Å²) in [5, 5.41) is 31.4. The Kier molecular flexibility index (Phi) is 5.95. The van der Waals surface area contributed by atoms with Gasteiger partial charge < -0.3 is 27.2 Å². The van der Waals surface area contributed by atoms with E-state index < -0.39 is 12.1 Å². The second-order valence-corrected chi connectivity index (χ2v) is 7.48. The number of carbonyl (C=O) groups is 1. The zero-order valence-corrected chi connectivity index (χ0v) is 16.7. The fraction of sp³-hybridized carbons (Fsp3) is 0.368. The van der Waals surface area contributed by atoms with E-state index in [4.69, 9.17) is 11.5 Å². The first-order valence-electron chi connectivity index (χ1n) is 9.99. The molecule has 2 aliphatic rings. The van der Waals surface area contributed by atoms with E-state index in [1.807, 2.05) is 0 Å². The molecule has 2 heterocycles. The Bertz CT molecular complexity index is 986. The number of carbonyl (C=O) groups excluding carboxylic acids is 1. The van der Waals surface area contributed by atoms with Crippen molar-refractivity contribution in [3.05, 3.63) is 36.0 Å². The highest BCUT2D eigenvalue weighted by atomic mass is 16.6. The van der Waals surface area contributed by atoms with Gasteiger partial charge in [0.15, 0.2) is 6.23 Å². The average Bonchev–Trinajstić information content (AvgIpc) is 3.08. The van der Waals surface area contributed by atoms with Crippen molar-refractivity contribution in [2.75, 3.05) is 15.8 Å². The van der Waals surface area contributed by atoms with Crippen LogP contribution in [-0.4, -0.2) is 55.9 Å². The number of nitrogens with one attached hydrogen (secondary N) is 2. The SMILES string of the molecule is NC(=O)c1cnc(N[C@@H]2CCCC[C@@H]2N)nc1Nc1cccc(N2N=CC(O)N2O)c1. The van der Waals surface area contributed by atoms with Crippen LogP contribution in [0, 0.1) is 0 Å². The van der Waals surface area contributed by atoms with Crippen molar-refractivity contribution in [1.29, 1.82) is 0 Å². The van der Waals surface area contributed by atoms with Gasteiger partial charge in [-0.1, -0.05) is 18.9 Å². The van der Waals surface area contributed by atoms with Crippen LogP contribution in [0.2, 0.25) is 0 Å². The number of anilines is 4. The fourth-order valence-corrected chi connectivity index (χ4v) is 3.61. The van der Waals surface area contributed by atoms with Crippen LogP contribution in [0.4, 0.5) is 23.1 Å². The van der Waals surface area contributed by atoms with Gasteiger partial charge in [-0.2, -0.15) is 15.2 Å². The molecule has 0 spiro atoms. The van der Waals surface area contributed by atoms with Crippen molar-refractivity contribution < 1.29 is 15.1 Å². The molecule has 1 fully saturated rings. The number of hydrazone groups is 1. The molecule has 1 aromatic carbocycles. The summed E-state index contributed by atoms with van der Waals surface area (Å²) in [7, 11) is 0. The van der Waals surface area contributed by atoms with Crippen molar-refractivity contribution in [3.63, 3.8) is 0 Å². The molecule has 164 valence electrons. The zero-order chi connectivity index (χ0) is 22.0. The zero-order valence-electron chi connectivity index (χ0n) is 16.7. The Balaban J connectivity index is 1.57. The Morgan fingerprint density at radius 2 is 2.06 bits per heavy atom. The number of nitrogens with zero attached hydrogens (tertiary/aromatic N) is 5. The largest absolute Gasteiger partial charge is 0.369 e. The van der Waals surface area contributed by atoms with E-state index in [1.54, 1.807) is 24.3 Å². The van der Waals surface area contributed by atoms with Crippen LogP contribution >= 0.6 is 0 Å². The molecule has 0 bridgehead atoms. The quantitative estimate of drug-likeness (QED) is 0.385. The van der Waals surface area contributed by atoms with Gasteiger partial charge in [0.05, 0.1) is 11.9 Å². The highest BCUT2D eigenvalue weighted by molar-refractivity contribution is 5.98. The van der Waals surface area contributed by atoms with Crippen molar-refractivity contribution in [2.24, 2.45) is 16.6 Å². The lowest BCUT2D eigenvalue weighted by molar-refractivity contribution is -0.166. The molecule has 12 nitrogen and oxygen atoms in total. The van der Waals surface area contributed by atoms with Gasteiger partial charge in [-0.05, 0) is 36.2 Å². The number of hydrogen-bond donors (Lipinski definition) is 6. The molecule has 4 rings (SSSR count). The summed E-state index contributed by atoms with van der Waals surface area (Å²) in [5.41, 5.74) is 12.9. The maximum atomic E-state index is 11.9. The molecule has 1 saturated carbocycles. The lowest BCUT2D eigenvalue weighted by Crippen LogP contribution is -2.43. The standard InChI is InChI=1S/C19H25N9O3/c20-14-6-1-2-7-15(14)25-19-22-9-13(17(21)30)18(26-19)24-11-4-3-5-12(8-11)27-23-10-16(29)28(27)31/h3-5,8-10,14-16,29,31H,1-2,6-7,20H2,(H2,21,30)(H2,22,24,25,26)/t14-,15+,16?/m0/s1. The van der Waals surface area contributed by atoms with Crippen LogP contribution in [0.1, 0.15) is 36.0 Å². The number of hydrogen-bond acceptors (Lipinski definition) is 11. The van der Waals surface area contributed by atoms with Crippen molar-refractivity contribution >= 4 is 35.3 Å². The Labute approximate surface area is 178 Å². The predicted octanol–water partition coefficient (Wildman–Crippen LogP) is 0.731. The van der Waals surface area contributed by atoms with Gasteiger partial charge in [-0.3, -0.25) is 10.0 Å². The molecule has 1 amide bonds. The summed E-state index contributed by atoms with van der Waals surface area (Å²) in [5.74, 6) is -0.0921. The number of hydroxylamine groups is 1. The van der Waals surface area contributed by atoms with Crippen LogP contribution in [0.15, 0.2) is 35.6 Å². The first-order chi connectivity index (χ1) is 14.9. The predicted molar refractivity (Wildman–Crippen MR) is 115 cm³/mol. The van der Waals surface area contributed by atoms with E-state index >= 15 is 0 Å². The molecule has 3 atom stereocenters. The molecule has 1 aliphatic carbocycles. The van der Waals surface area contributed by atoms with Crippen LogP contribution in [-0.2, 0) is 0 Å². The van der Waals surface area contributed by atoms with Gasteiger partial charge in [0.2, 0.25) is 5.95 Å². The van der Waals surface area contributed by atoms with E-state index in [1.165, 1.54) is 12.4 Å². The molecule has 1 unspecified atom stereocenters. The van der Waals surface area contributed by atoms with Crippen molar-refractivity contribution in [3.8, 4) is 0 Å². The van der Waals surface area contributed by atoms with E-state index in [0.717, 1.165) is 30.8 Å². The highest BCUT2D eigenvalue weighted by Gasteiger charge is 2.26. The van der Waals surface area contributed by atoms with Crippen LogP contribution in [0.25, 0.3) is 0 Å². The second-order valence-electron chi connectivity index (χ2n) is 7.48. The maximum absolute atomic E-state index is 11.9. The van der Waals surface area contributed by atoms with Crippen LogP contribution in [0.5, 0.6) is 0 Å². The van der Waals surface area contributed by atoms with Gasteiger partial charge in [0.1, 0.15) is 11.4 Å². The summed E-state index contributed by atoms with van der Waals surface area (Å²) in [6.45, 7) is 0. The van der Waals surface area contributed by atoms with Crippen LogP contribution in [0.3, 0.4) is 0 Å². The van der Waals surface area contributed by atoms with E-state index in [2.05, 4.69) is 25.7 Å². The van der Waals surface area contributed by atoms with Gasteiger partial charge >= 0.3 is 0 Å². The van der Waals surface area contributed by atoms with Crippen molar-refractivity contribution in [1.82, 2.24) is 15.1 Å². The first-order valence-corrected chi connectivity index (χ1v) is 9.99. The number of aromatic nitrogens is 2. The number of benzene rings is 1. The monoisotopic (exact) mass is 427 g/mol. The van der Waals surface area contributed by atoms with Gasteiger partial charge in [-0.25, -0.2) is 4.98 Å².